The van der Waals surface area contributed by atoms with Gasteiger partial charge in [0.2, 0.25) is 0 Å². The van der Waals surface area contributed by atoms with E-state index in [-0.39, 0.29) is 11.6 Å². The third-order valence-corrected chi connectivity index (χ3v) is 4.02. The van der Waals surface area contributed by atoms with E-state index >= 15 is 0 Å². The van der Waals surface area contributed by atoms with Gasteiger partial charge in [0.15, 0.2) is 0 Å². The van der Waals surface area contributed by atoms with Crippen LogP contribution >= 0.6 is 0 Å². The molecule has 0 spiro atoms. The zero-order chi connectivity index (χ0) is 18.7. The Morgan fingerprint density at radius 2 is 1.58 bits per heavy atom. The molecule has 0 aliphatic carbocycles. The van der Waals surface area contributed by atoms with Gasteiger partial charge in [-0.25, -0.2) is 9.97 Å². The summed E-state index contributed by atoms with van der Waals surface area (Å²) in [6, 6.07) is 12.1. The molecule has 5 nitrogen and oxygen atoms in total. The van der Waals surface area contributed by atoms with Crippen molar-refractivity contribution in [1.82, 2.24) is 9.97 Å². The maximum atomic E-state index is 12.4. The van der Waals surface area contributed by atoms with Crippen molar-refractivity contribution in [3.8, 4) is 0 Å². The van der Waals surface area contributed by atoms with Crippen molar-refractivity contribution in [2.24, 2.45) is 0 Å². The highest BCUT2D eigenvalue weighted by molar-refractivity contribution is 6.02. The molecule has 0 fully saturated rings. The Balaban J connectivity index is 1.72. The third-order valence-electron chi connectivity index (χ3n) is 4.02. The monoisotopic (exact) mass is 346 g/mol. The standard InChI is InChI=1S/C21H22N4O/c1-13-5-6-16(4)18(10-13)25-20-12-22-19(11-23-20)21(26)24-17-8-14(2)7-15(3)9-17/h5-12H,1-4H3,(H,23,25)(H,24,26). The van der Waals surface area contributed by atoms with Gasteiger partial charge in [-0.15, -0.1) is 0 Å². The Bertz CT molecular complexity index is 928. The molecule has 0 aliphatic heterocycles. The summed E-state index contributed by atoms with van der Waals surface area (Å²) < 4.78 is 0. The van der Waals surface area contributed by atoms with Crippen LogP contribution in [0.4, 0.5) is 17.2 Å². The lowest BCUT2D eigenvalue weighted by molar-refractivity contribution is 0.102. The molecule has 0 saturated carbocycles. The molecule has 5 heteroatoms. The summed E-state index contributed by atoms with van der Waals surface area (Å²) in [7, 11) is 0. The summed E-state index contributed by atoms with van der Waals surface area (Å²) in [5.74, 6) is 0.322. The van der Waals surface area contributed by atoms with Crippen molar-refractivity contribution in [3.05, 3.63) is 76.7 Å². The maximum Gasteiger partial charge on any atom is 0.275 e. The first kappa shape index (κ1) is 17.6. The topological polar surface area (TPSA) is 66.9 Å². The first-order valence-electron chi connectivity index (χ1n) is 8.47. The summed E-state index contributed by atoms with van der Waals surface area (Å²) >= 11 is 0. The molecule has 0 bridgehead atoms. The van der Waals surface area contributed by atoms with Crippen LogP contribution in [0.25, 0.3) is 0 Å². The lowest BCUT2D eigenvalue weighted by atomic mass is 10.1. The zero-order valence-corrected chi connectivity index (χ0v) is 15.4. The van der Waals surface area contributed by atoms with E-state index in [2.05, 4.69) is 44.9 Å². The average Bonchev–Trinajstić information content (AvgIpc) is 2.58. The number of benzene rings is 2. The second-order valence-corrected chi connectivity index (χ2v) is 6.56. The lowest BCUT2D eigenvalue weighted by Crippen LogP contribution is -2.14. The van der Waals surface area contributed by atoms with Crippen molar-refractivity contribution < 1.29 is 4.79 Å². The fraction of sp³-hybridized carbons (Fsp3) is 0.190. The molecule has 0 radical (unpaired) electrons. The van der Waals surface area contributed by atoms with Gasteiger partial charge in [0.25, 0.3) is 5.91 Å². The lowest BCUT2D eigenvalue weighted by Gasteiger charge is -2.10. The van der Waals surface area contributed by atoms with Crippen molar-refractivity contribution >= 4 is 23.1 Å². The number of carbonyl (C=O) groups excluding carboxylic acids is 1. The van der Waals surface area contributed by atoms with E-state index in [1.807, 2.05) is 39.8 Å². The molecule has 3 aromatic rings. The summed E-state index contributed by atoms with van der Waals surface area (Å²) in [6.07, 6.45) is 3.05. The Labute approximate surface area is 153 Å². The highest BCUT2D eigenvalue weighted by Gasteiger charge is 2.10. The predicted octanol–water partition coefficient (Wildman–Crippen LogP) is 4.71. The van der Waals surface area contributed by atoms with Crippen molar-refractivity contribution in [1.29, 1.82) is 0 Å². The highest BCUT2D eigenvalue weighted by atomic mass is 16.1. The first-order valence-corrected chi connectivity index (χ1v) is 8.47. The molecule has 132 valence electrons. The molecule has 1 amide bonds. The quantitative estimate of drug-likeness (QED) is 0.718. The molecule has 2 aromatic carbocycles. The minimum absolute atomic E-state index is 0.274. The van der Waals surface area contributed by atoms with E-state index in [1.165, 1.54) is 6.20 Å². The highest BCUT2D eigenvalue weighted by Crippen LogP contribution is 2.20. The van der Waals surface area contributed by atoms with Gasteiger partial charge < -0.3 is 10.6 Å². The number of aromatic nitrogens is 2. The molecule has 1 heterocycles. The molecular weight excluding hydrogens is 324 g/mol. The normalized spacial score (nSPS) is 10.5. The number of hydrogen-bond donors (Lipinski definition) is 2. The van der Waals surface area contributed by atoms with Crippen molar-refractivity contribution in [2.75, 3.05) is 10.6 Å². The van der Waals surface area contributed by atoms with Gasteiger partial charge in [-0.1, -0.05) is 18.2 Å². The van der Waals surface area contributed by atoms with Gasteiger partial charge in [-0.2, -0.15) is 0 Å². The van der Waals surface area contributed by atoms with Crippen LogP contribution in [-0.2, 0) is 0 Å². The second kappa shape index (κ2) is 7.35. The number of rotatable bonds is 4. The summed E-state index contributed by atoms with van der Waals surface area (Å²) in [5, 5.41) is 6.10. The smallest absolute Gasteiger partial charge is 0.275 e. The van der Waals surface area contributed by atoms with Gasteiger partial charge in [-0.05, 0) is 68.1 Å². The van der Waals surface area contributed by atoms with E-state index in [4.69, 9.17) is 0 Å². The predicted molar refractivity (Wildman–Crippen MR) is 105 cm³/mol. The fourth-order valence-corrected chi connectivity index (χ4v) is 2.76. The van der Waals surface area contributed by atoms with Crippen molar-refractivity contribution in [3.63, 3.8) is 0 Å². The molecule has 0 atom stereocenters. The van der Waals surface area contributed by atoms with Crippen LogP contribution in [0.5, 0.6) is 0 Å². The first-order chi connectivity index (χ1) is 12.4. The van der Waals surface area contributed by atoms with E-state index in [9.17, 15) is 4.79 Å². The van der Waals surface area contributed by atoms with Gasteiger partial charge >= 0.3 is 0 Å². The van der Waals surface area contributed by atoms with Crippen molar-refractivity contribution in [2.45, 2.75) is 27.7 Å². The van der Waals surface area contributed by atoms with Crippen LogP contribution in [0.15, 0.2) is 48.8 Å². The Morgan fingerprint density at radius 3 is 2.23 bits per heavy atom. The number of amides is 1. The molecule has 0 saturated heterocycles. The Morgan fingerprint density at radius 1 is 0.846 bits per heavy atom. The number of aryl methyl sites for hydroxylation is 4. The maximum absolute atomic E-state index is 12.4. The SMILES string of the molecule is Cc1cc(C)cc(NC(=O)c2cnc(Nc3cc(C)ccc3C)cn2)c1. The number of carbonyl (C=O) groups is 1. The number of anilines is 3. The number of nitrogens with zero attached hydrogens (tertiary/aromatic N) is 2. The molecule has 0 aliphatic rings. The Hall–Kier alpha value is -3.21. The summed E-state index contributed by atoms with van der Waals surface area (Å²) in [5.41, 5.74) is 6.48. The summed E-state index contributed by atoms with van der Waals surface area (Å²) in [6.45, 7) is 8.06. The van der Waals surface area contributed by atoms with Gasteiger partial charge in [0, 0.05) is 11.4 Å². The fourth-order valence-electron chi connectivity index (χ4n) is 2.76. The van der Waals surface area contributed by atoms with Gasteiger partial charge in [-0.3, -0.25) is 4.79 Å². The second-order valence-electron chi connectivity index (χ2n) is 6.56. The minimum atomic E-state index is -0.277. The zero-order valence-electron chi connectivity index (χ0n) is 15.4. The van der Waals surface area contributed by atoms with E-state index in [0.29, 0.717) is 5.82 Å². The molecular formula is C21H22N4O. The van der Waals surface area contributed by atoms with E-state index < -0.39 is 0 Å². The van der Waals surface area contributed by atoms with Crippen LogP contribution in [0.1, 0.15) is 32.7 Å². The third kappa shape index (κ3) is 4.25. The van der Waals surface area contributed by atoms with Gasteiger partial charge in [0.05, 0.1) is 12.4 Å². The van der Waals surface area contributed by atoms with Crippen LogP contribution in [0.3, 0.4) is 0 Å². The number of hydrogen-bond acceptors (Lipinski definition) is 4. The molecule has 3 rings (SSSR count). The minimum Gasteiger partial charge on any atom is -0.339 e. The van der Waals surface area contributed by atoms with E-state index in [1.54, 1.807) is 6.20 Å². The molecule has 26 heavy (non-hydrogen) atoms. The molecule has 2 N–H and O–H groups in total. The van der Waals surface area contributed by atoms with Crippen LogP contribution < -0.4 is 10.6 Å². The average molecular weight is 346 g/mol. The number of nitrogens with one attached hydrogen (secondary N) is 2. The molecule has 1 aromatic heterocycles. The van der Waals surface area contributed by atoms with Crippen LogP contribution in [-0.4, -0.2) is 15.9 Å². The van der Waals surface area contributed by atoms with Gasteiger partial charge in [0.1, 0.15) is 11.5 Å². The van der Waals surface area contributed by atoms with Crippen LogP contribution in [0.2, 0.25) is 0 Å². The Kier molecular flexibility index (Phi) is 4.98. The summed E-state index contributed by atoms with van der Waals surface area (Å²) in [4.78, 5) is 20.9. The van der Waals surface area contributed by atoms with E-state index in [0.717, 1.165) is 33.6 Å². The van der Waals surface area contributed by atoms with Crippen LogP contribution in [0, 0.1) is 27.7 Å². The molecule has 0 unspecified atom stereocenters. The largest absolute Gasteiger partial charge is 0.339 e.